The molecule has 1 aliphatic heterocycles. The fourth-order valence-electron chi connectivity index (χ4n) is 2.86. The number of rotatable bonds is 2. The molecule has 1 aliphatic rings. The summed E-state index contributed by atoms with van der Waals surface area (Å²) in [6.07, 6.45) is 2.10. The quantitative estimate of drug-likeness (QED) is 0.608. The van der Waals surface area contributed by atoms with Gasteiger partial charge in [0.25, 0.3) is 5.56 Å². The summed E-state index contributed by atoms with van der Waals surface area (Å²) in [5, 5.41) is 0. The van der Waals surface area contributed by atoms with Crippen LogP contribution in [0, 0.1) is 11.6 Å². The van der Waals surface area contributed by atoms with E-state index in [0.717, 1.165) is 17.9 Å². The van der Waals surface area contributed by atoms with Crippen LogP contribution >= 0.6 is 27.7 Å². The zero-order valence-electron chi connectivity index (χ0n) is 13.4. The van der Waals surface area contributed by atoms with Crippen molar-refractivity contribution >= 4 is 27.7 Å². The Bertz CT molecular complexity index is 1050. The lowest BCUT2D eigenvalue weighted by molar-refractivity contribution is 0.604. The number of hydrogen-bond donors (Lipinski definition) is 1. The lowest BCUT2D eigenvalue weighted by Gasteiger charge is -2.15. The molecule has 0 atom stereocenters. The molecular weight excluding hydrogens is 424 g/mol. The first-order valence-corrected chi connectivity index (χ1v) is 9.79. The molecule has 8 heteroatoms. The lowest BCUT2D eigenvalue weighted by atomic mass is 10.0. The number of thioether (sulfide) groups is 1. The SMILES string of the molecule is O=c1[nH]c(-c2cc(F)c(-c3ccc(Br)nc3)cc2F)nc2c1CSCC2. The molecule has 26 heavy (non-hydrogen) atoms. The molecule has 1 aromatic carbocycles. The monoisotopic (exact) mass is 435 g/mol. The minimum Gasteiger partial charge on any atom is -0.306 e. The summed E-state index contributed by atoms with van der Waals surface area (Å²) >= 11 is 4.86. The molecule has 3 aromatic rings. The van der Waals surface area contributed by atoms with Crippen molar-refractivity contribution in [1.29, 1.82) is 0 Å². The van der Waals surface area contributed by atoms with Crippen molar-refractivity contribution < 1.29 is 8.78 Å². The molecule has 3 heterocycles. The van der Waals surface area contributed by atoms with Crippen LogP contribution < -0.4 is 5.56 Å². The molecule has 0 aliphatic carbocycles. The van der Waals surface area contributed by atoms with Crippen molar-refractivity contribution in [1.82, 2.24) is 15.0 Å². The molecule has 1 N–H and O–H groups in total. The summed E-state index contributed by atoms with van der Waals surface area (Å²) in [5.41, 5.74) is 1.47. The van der Waals surface area contributed by atoms with E-state index in [-0.39, 0.29) is 22.5 Å². The molecule has 4 rings (SSSR count). The summed E-state index contributed by atoms with van der Waals surface area (Å²) in [4.78, 5) is 23.2. The molecule has 0 saturated carbocycles. The number of pyridine rings is 1. The van der Waals surface area contributed by atoms with E-state index in [1.165, 1.54) is 6.20 Å². The Morgan fingerprint density at radius 3 is 2.69 bits per heavy atom. The molecule has 0 unspecified atom stereocenters. The summed E-state index contributed by atoms with van der Waals surface area (Å²) in [6, 6.07) is 5.46. The van der Waals surface area contributed by atoms with Gasteiger partial charge < -0.3 is 4.98 Å². The van der Waals surface area contributed by atoms with Gasteiger partial charge in [0.15, 0.2) is 0 Å². The number of halogens is 3. The normalized spacial score (nSPS) is 13.5. The van der Waals surface area contributed by atoms with Crippen molar-refractivity contribution in [3.8, 4) is 22.5 Å². The molecule has 0 radical (unpaired) electrons. The average molecular weight is 436 g/mol. The molecule has 2 aromatic heterocycles. The van der Waals surface area contributed by atoms with E-state index in [0.29, 0.717) is 33.6 Å². The molecule has 0 saturated heterocycles. The second-order valence-electron chi connectivity index (χ2n) is 5.82. The van der Waals surface area contributed by atoms with Crippen LogP contribution in [0.4, 0.5) is 8.78 Å². The Labute approximate surface area is 160 Å². The Hall–Kier alpha value is -2.06. The molecule has 0 amide bonds. The van der Waals surface area contributed by atoms with E-state index in [1.54, 1.807) is 23.9 Å². The van der Waals surface area contributed by atoms with Crippen LogP contribution in [0.3, 0.4) is 0 Å². The summed E-state index contributed by atoms with van der Waals surface area (Å²) < 4.78 is 29.9. The summed E-state index contributed by atoms with van der Waals surface area (Å²) in [7, 11) is 0. The fraction of sp³-hybridized carbons (Fsp3) is 0.167. The van der Waals surface area contributed by atoms with Gasteiger partial charge in [-0.1, -0.05) is 6.07 Å². The van der Waals surface area contributed by atoms with Crippen molar-refractivity contribution in [3.63, 3.8) is 0 Å². The predicted octanol–water partition coefficient (Wildman–Crippen LogP) is 4.33. The van der Waals surface area contributed by atoms with Crippen molar-refractivity contribution in [2.24, 2.45) is 0 Å². The van der Waals surface area contributed by atoms with E-state index in [9.17, 15) is 13.6 Å². The van der Waals surface area contributed by atoms with Crippen molar-refractivity contribution in [2.75, 3.05) is 5.75 Å². The molecule has 0 fully saturated rings. The van der Waals surface area contributed by atoms with E-state index in [1.807, 2.05) is 0 Å². The van der Waals surface area contributed by atoms with Crippen LogP contribution in [0.15, 0.2) is 39.9 Å². The van der Waals surface area contributed by atoms with Crippen LogP contribution in [0.2, 0.25) is 0 Å². The number of hydrogen-bond acceptors (Lipinski definition) is 4. The van der Waals surface area contributed by atoms with Crippen LogP contribution in [0.5, 0.6) is 0 Å². The molecule has 4 nitrogen and oxygen atoms in total. The largest absolute Gasteiger partial charge is 0.306 e. The van der Waals surface area contributed by atoms with Gasteiger partial charge in [-0.15, -0.1) is 0 Å². The van der Waals surface area contributed by atoms with Crippen LogP contribution in [0.1, 0.15) is 11.3 Å². The number of nitrogens with one attached hydrogen (secondary N) is 1. The van der Waals surface area contributed by atoms with Gasteiger partial charge in [-0.2, -0.15) is 11.8 Å². The first-order chi connectivity index (χ1) is 12.5. The van der Waals surface area contributed by atoms with E-state index >= 15 is 0 Å². The second kappa shape index (κ2) is 6.92. The molecule has 132 valence electrons. The van der Waals surface area contributed by atoms with E-state index in [4.69, 9.17) is 0 Å². The molecule has 0 spiro atoms. The van der Waals surface area contributed by atoms with Crippen LogP contribution in [-0.4, -0.2) is 20.7 Å². The highest BCUT2D eigenvalue weighted by Gasteiger charge is 2.19. The van der Waals surface area contributed by atoms with Gasteiger partial charge in [0.05, 0.1) is 11.3 Å². The van der Waals surface area contributed by atoms with Gasteiger partial charge in [0.1, 0.15) is 22.1 Å². The highest BCUT2D eigenvalue weighted by molar-refractivity contribution is 9.10. The van der Waals surface area contributed by atoms with Gasteiger partial charge in [-0.25, -0.2) is 18.7 Å². The number of aromatic amines is 1. The average Bonchev–Trinajstić information content (AvgIpc) is 2.64. The highest BCUT2D eigenvalue weighted by Crippen LogP contribution is 2.30. The van der Waals surface area contributed by atoms with Crippen molar-refractivity contribution in [3.05, 3.63) is 68.3 Å². The number of H-pyrrole nitrogens is 1. The second-order valence-corrected chi connectivity index (χ2v) is 7.74. The number of aromatic nitrogens is 3. The maximum atomic E-state index is 14.7. The third kappa shape index (κ3) is 3.19. The van der Waals surface area contributed by atoms with E-state index in [2.05, 4.69) is 30.9 Å². The smallest absolute Gasteiger partial charge is 0.255 e. The lowest BCUT2D eigenvalue weighted by Crippen LogP contribution is -2.21. The highest BCUT2D eigenvalue weighted by atomic mass is 79.9. The van der Waals surface area contributed by atoms with Gasteiger partial charge >= 0.3 is 0 Å². The standard InChI is InChI=1S/C18H12BrF2N3OS/c19-16-2-1-9(7-22-16)10-5-14(21)11(6-13(10)20)17-23-15-3-4-26-8-12(15)18(25)24-17/h1-2,5-7H,3-4,8H2,(H,23,24,25). The topological polar surface area (TPSA) is 58.6 Å². The first-order valence-electron chi connectivity index (χ1n) is 7.84. The number of benzene rings is 1. The molecular formula is C18H12BrF2N3OS. The van der Waals surface area contributed by atoms with Gasteiger partial charge in [0.2, 0.25) is 0 Å². The van der Waals surface area contributed by atoms with E-state index < -0.39 is 11.6 Å². The Kier molecular flexibility index (Phi) is 4.62. The Balaban J connectivity index is 1.81. The zero-order chi connectivity index (χ0) is 18.3. The first kappa shape index (κ1) is 17.4. The van der Waals surface area contributed by atoms with Crippen molar-refractivity contribution in [2.45, 2.75) is 12.2 Å². The third-order valence-electron chi connectivity index (χ3n) is 4.18. The van der Waals surface area contributed by atoms with Crippen LogP contribution in [-0.2, 0) is 12.2 Å². The fourth-order valence-corrected chi connectivity index (χ4v) is 4.07. The maximum Gasteiger partial charge on any atom is 0.255 e. The van der Waals surface area contributed by atoms with Gasteiger partial charge in [-0.05, 0) is 46.3 Å². The minimum atomic E-state index is -0.655. The minimum absolute atomic E-state index is 0.0533. The van der Waals surface area contributed by atoms with Gasteiger partial charge in [-0.3, -0.25) is 4.79 Å². The third-order valence-corrected chi connectivity index (χ3v) is 5.64. The Morgan fingerprint density at radius 1 is 1.15 bits per heavy atom. The number of fused-ring (bicyclic) bond motifs is 1. The van der Waals surface area contributed by atoms with Crippen LogP contribution in [0.25, 0.3) is 22.5 Å². The molecule has 0 bridgehead atoms. The number of nitrogens with zero attached hydrogens (tertiary/aromatic N) is 2. The Morgan fingerprint density at radius 2 is 1.92 bits per heavy atom. The predicted molar refractivity (Wildman–Crippen MR) is 101 cm³/mol. The zero-order valence-corrected chi connectivity index (χ0v) is 15.8. The summed E-state index contributed by atoms with van der Waals surface area (Å²) in [5.74, 6) is 0.232. The number of aryl methyl sites for hydroxylation is 1. The summed E-state index contributed by atoms with van der Waals surface area (Å²) in [6.45, 7) is 0. The van der Waals surface area contributed by atoms with Gasteiger partial charge in [0, 0.05) is 28.6 Å². The maximum absolute atomic E-state index is 14.7.